The molecule has 2 aromatic carbocycles. The monoisotopic (exact) mass is 353 g/mol. The van der Waals surface area contributed by atoms with Crippen LogP contribution in [0.3, 0.4) is 0 Å². The van der Waals surface area contributed by atoms with Gasteiger partial charge in [-0.3, -0.25) is 14.4 Å². The quantitative estimate of drug-likeness (QED) is 0.866. The molecule has 0 atom stereocenters. The number of benzene rings is 2. The summed E-state index contributed by atoms with van der Waals surface area (Å²) in [5.74, 6) is -0.711. The Morgan fingerprint density at radius 2 is 1.38 bits per heavy atom. The Bertz CT molecular complexity index is 794. The van der Waals surface area contributed by atoms with E-state index in [-0.39, 0.29) is 17.7 Å². The lowest BCUT2D eigenvalue weighted by Gasteiger charge is -2.19. The molecule has 26 heavy (non-hydrogen) atoms. The summed E-state index contributed by atoms with van der Waals surface area (Å²) in [6.45, 7) is 5.24. The molecule has 2 N–H and O–H groups in total. The van der Waals surface area contributed by atoms with Crippen LogP contribution in [0.2, 0.25) is 0 Å². The number of aryl methyl sites for hydroxylation is 1. The number of carbonyl (C=O) groups is 3. The molecule has 0 spiro atoms. The van der Waals surface area contributed by atoms with Gasteiger partial charge in [0.15, 0.2) is 0 Å². The van der Waals surface area contributed by atoms with E-state index in [1.54, 1.807) is 30.1 Å². The molecule has 136 valence electrons. The number of hydrogen-bond acceptors (Lipinski definition) is 3. The standard InChI is InChI=1S/C20H23N3O3/c1-13-5-7-16(8-6-13)12-23(4)20(26)17-9-18(21-14(2)24)11-19(10-17)22-15(3)25/h5-11H,12H2,1-4H3,(H,21,24)(H,22,25). The van der Waals surface area contributed by atoms with E-state index in [1.807, 2.05) is 31.2 Å². The van der Waals surface area contributed by atoms with Gasteiger partial charge < -0.3 is 15.5 Å². The third-order valence-electron chi connectivity index (χ3n) is 3.71. The molecule has 0 fully saturated rings. The van der Waals surface area contributed by atoms with Gasteiger partial charge >= 0.3 is 0 Å². The van der Waals surface area contributed by atoms with Crippen LogP contribution < -0.4 is 10.6 Å². The fourth-order valence-corrected chi connectivity index (χ4v) is 2.56. The van der Waals surface area contributed by atoms with Crippen molar-refractivity contribution in [3.63, 3.8) is 0 Å². The predicted octanol–water partition coefficient (Wildman–Crippen LogP) is 3.18. The molecule has 6 heteroatoms. The van der Waals surface area contributed by atoms with Gasteiger partial charge in [-0.05, 0) is 30.7 Å². The van der Waals surface area contributed by atoms with Crippen molar-refractivity contribution in [2.45, 2.75) is 27.3 Å². The first-order valence-electron chi connectivity index (χ1n) is 8.26. The zero-order chi connectivity index (χ0) is 19.3. The molecule has 0 saturated carbocycles. The number of anilines is 2. The summed E-state index contributed by atoms with van der Waals surface area (Å²) in [7, 11) is 1.71. The second-order valence-corrected chi connectivity index (χ2v) is 6.31. The van der Waals surface area contributed by atoms with Crippen LogP contribution in [0.5, 0.6) is 0 Å². The van der Waals surface area contributed by atoms with Crippen molar-refractivity contribution in [2.24, 2.45) is 0 Å². The highest BCUT2D eigenvalue weighted by atomic mass is 16.2. The van der Waals surface area contributed by atoms with Crippen LogP contribution in [-0.4, -0.2) is 29.7 Å². The van der Waals surface area contributed by atoms with Crippen LogP contribution in [0.4, 0.5) is 11.4 Å². The van der Waals surface area contributed by atoms with Crippen LogP contribution >= 0.6 is 0 Å². The van der Waals surface area contributed by atoms with Crippen LogP contribution in [0.1, 0.15) is 35.3 Å². The van der Waals surface area contributed by atoms with E-state index in [1.165, 1.54) is 13.8 Å². The van der Waals surface area contributed by atoms with E-state index in [2.05, 4.69) is 10.6 Å². The third kappa shape index (κ3) is 5.44. The van der Waals surface area contributed by atoms with Gasteiger partial charge in [0.25, 0.3) is 5.91 Å². The number of amides is 3. The molecular formula is C20H23N3O3. The maximum absolute atomic E-state index is 12.8. The summed E-state index contributed by atoms with van der Waals surface area (Å²) >= 11 is 0. The van der Waals surface area contributed by atoms with Crippen molar-refractivity contribution in [1.82, 2.24) is 4.90 Å². The third-order valence-corrected chi connectivity index (χ3v) is 3.71. The molecule has 0 unspecified atom stereocenters. The normalized spacial score (nSPS) is 10.2. The Labute approximate surface area is 153 Å². The molecule has 0 aliphatic heterocycles. The van der Waals surface area contributed by atoms with Crippen LogP contribution in [-0.2, 0) is 16.1 Å². The molecule has 0 heterocycles. The van der Waals surface area contributed by atoms with Gasteiger partial charge in [0.1, 0.15) is 0 Å². The molecule has 0 bridgehead atoms. The fraction of sp³-hybridized carbons (Fsp3) is 0.250. The largest absolute Gasteiger partial charge is 0.337 e. The highest BCUT2D eigenvalue weighted by Crippen LogP contribution is 2.21. The van der Waals surface area contributed by atoms with Crippen molar-refractivity contribution in [3.8, 4) is 0 Å². The lowest BCUT2D eigenvalue weighted by molar-refractivity contribution is -0.115. The van der Waals surface area contributed by atoms with E-state index >= 15 is 0 Å². The van der Waals surface area contributed by atoms with E-state index in [9.17, 15) is 14.4 Å². The van der Waals surface area contributed by atoms with Crippen molar-refractivity contribution in [3.05, 3.63) is 59.2 Å². The molecule has 0 radical (unpaired) electrons. The molecule has 0 aliphatic carbocycles. The average Bonchev–Trinajstić information content (AvgIpc) is 2.54. The van der Waals surface area contributed by atoms with Gasteiger partial charge in [0, 0.05) is 44.4 Å². The lowest BCUT2D eigenvalue weighted by atomic mass is 10.1. The first-order valence-corrected chi connectivity index (χ1v) is 8.26. The number of carbonyl (C=O) groups excluding carboxylic acids is 3. The van der Waals surface area contributed by atoms with E-state index in [0.717, 1.165) is 11.1 Å². The topological polar surface area (TPSA) is 78.5 Å². The van der Waals surface area contributed by atoms with Crippen molar-refractivity contribution < 1.29 is 14.4 Å². The second-order valence-electron chi connectivity index (χ2n) is 6.31. The van der Waals surface area contributed by atoms with Crippen molar-refractivity contribution >= 4 is 29.1 Å². The minimum absolute atomic E-state index is 0.204. The molecule has 3 amide bonds. The Morgan fingerprint density at radius 1 is 0.885 bits per heavy atom. The molecule has 0 aliphatic rings. The van der Waals surface area contributed by atoms with E-state index < -0.39 is 0 Å². The molecule has 2 rings (SSSR count). The van der Waals surface area contributed by atoms with Gasteiger partial charge in [0.2, 0.25) is 11.8 Å². The van der Waals surface area contributed by atoms with Crippen LogP contribution in [0.15, 0.2) is 42.5 Å². The predicted molar refractivity (Wildman–Crippen MR) is 102 cm³/mol. The maximum atomic E-state index is 12.8. The minimum Gasteiger partial charge on any atom is -0.337 e. The van der Waals surface area contributed by atoms with Crippen molar-refractivity contribution in [1.29, 1.82) is 0 Å². The summed E-state index contributed by atoms with van der Waals surface area (Å²) in [6.07, 6.45) is 0. The summed E-state index contributed by atoms with van der Waals surface area (Å²) in [5, 5.41) is 5.30. The Kier molecular flexibility index (Phi) is 6.11. The summed E-state index contributed by atoms with van der Waals surface area (Å²) in [5.41, 5.74) is 3.47. The van der Waals surface area contributed by atoms with E-state index in [0.29, 0.717) is 23.5 Å². The smallest absolute Gasteiger partial charge is 0.254 e. The summed E-state index contributed by atoms with van der Waals surface area (Å²) in [4.78, 5) is 37.1. The Balaban J connectivity index is 2.25. The SMILES string of the molecule is CC(=O)Nc1cc(NC(C)=O)cc(C(=O)N(C)Cc2ccc(C)cc2)c1. The van der Waals surface area contributed by atoms with Gasteiger partial charge in [0.05, 0.1) is 0 Å². The Morgan fingerprint density at radius 3 is 1.85 bits per heavy atom. The fourth-order valence-electron chi connectivity index (χ4n) is 2.56. The molecule has 0 aromatic heterocycles. The average molecular weight is 353 g/mol. The number of rotatable bonds is 5. The van der Waals surface area contributed by atoms with E-state index in [4.69, 9.17) is 0 Å². The van der Waals surface area contributed by atoms with Gasteiger partial charge in [-0.15, -0.1) is 0 Å². The first kappa shape index (κ1) is 19.2. The highest BCUT2D eigenvalue weighted by Gasteiger charge is 2.15. The summed E-state index contributed by atoms with van der Waals surface area (Å²) in [6, 6.07) is 12.8. The molecule has 2 aromatic rings. The minimum atomic E-state index is -0.253. The molecule has 0 saturated heterocycles. The number of nitrogens with one attached hydrogen (secondary N) is 2. The Hall–Kier alpha value is -3.15. The van der Waals surface area contributed by atoms with Crippen LogP contribution in [0.25, 0.3) is 0 Å². The highest BCUT2D eigenvalue weighted by molar-refractivity contribution is 5.99. The molecular weight excluding hydrogens is 330 g/mol. The molecule has 6 nitrogen and oxygen atoms in total. The second kappa shape index (κ2) is 8.29. The van der Waals surface area contributed by atoms with Gasteiger partial charge in [-0.25, -0.2) is 0 Å². The lowest BCUT2D eigenvalue weighted by Crippen LogP contribution is -2.26. The van der Waals surface area contributed by atoms with Gasteiger partial charge in [-0.1, -0.05) is 29.8 Å². The zero-order valence-corrected chi connectivity index (χ0v) is 15.4. The van der Waals surface area contributed by atoms with Gasteiger partial charge in [-0.2, -0.15) is 0 Å². The van der Waals surface area contributed by atoms with Crippen LogP contribution in [0, 0.1) is 6.92 Å². The summed E-state index contributed by atoms with van der Waals surface area (Å²) < 4.78 is 0. The first-order chi connectivity index (χ1) is 12.2. The number of nitrogens with zero attached hydrogens (tertiary/aromatic N) is 1. The number of hydrogen-bond donors (Lipinski definition) is 2. The maximum Gasteiger partial charge on any atom is 0.254 e. The zero-order valence-electron chi connectivity index (χ0n) is 15.4. The van der Waals surface area contributed by atoms with Crippen molar-refractivity contribution in [2.75, 3.05) is 17.7 Å².